The van der Waals surface area contributed by atoms with Crippen molar-refractivity contribution in [1.82, 2.24) is 10.2 Å². The molecule has 0 saturated heterocycles. The van der Waals surface area contributed by atoms with E-state index in [1.54, 1.807) is 49.4 Å². The molecule has 0 spiro atoms. The number of nitrogens with one attached hydrogen (secondary N) is 1. The molecule has 1 N–H and O–H groups in total. The monoisotopic (exact) mass is 434 g/mol. The second-order valence-electron chi connectivity index (χ2n) is 6.99. The van der Waals surface area contributed by atoms with Crippen LogP contribution >= 0.6 is 11.6 Å². The summed E-state index contributed by atoms with van der Waals surface area (Å²) in [6.07, 6.45) is 1.45. The third-order valence-electron chi connectivity index (χ3n) is 4.63. The van der Waals surface area contributed by atoms with E-state index in [2.05, 4.69) is 5.32 Å². The summed E-state index contributed by atoms with van der Waals surface area (Å²) in [6, 6.07) is 12.5. The number of carbonyl (C=O) groups is 2. The Morgan fingerprint density at radius 1 is 1.17 bits per heavy atom. The van der Waals surface area contributed by atoms with E-state index in [4.69, 9.17) is 16.3 Å². The average Bonchev–Trinajstić information content (AvgIpc) is 2.75. The first kappa shape index (κ1) is 23.7. The molecule has 0 aliphatic rings. The lowest BCUT2D eigenvalue weighted by atomic mass is 10.1. The van der Waals surface area contributed by atoms with Gasteiger partial charge >= 0.3 is 0 Å². The van der Waals surface area contributed by atoms with Gasteiger partial charge in [-0.1, -0.05) is 36.7 Å². The molecule has 0 saturated carbocycles. The van der Waals surface area contributed by atoms with E-state index in [0.717, 1.165) is 6.42 Å². The van der Waals surface area contributed by atoms with Gasteiger partial charge in [-0.15, -0.1) is 0 Å². The van der Waals surface area contributed by atoms with Gasteiger partial charge in [-0.25, -0.2) is 4.39 Å². The number of rotatable bonds is 11. The van der Waals surface area contributed by atoms with Crippen LogP contribution in [0.2, 0.25) is 5.02 Å². The van der Waals surface area contributed by atoms with Crippen LogP contribution in [0.4, 0.5) is 4.39 Å². The summed E-state index contributed by atoms with van der Waals surface area (Å²) < 4.78 is 19.8. The van der Waals surface area contributed by atoms with Crippen molar-refractivity contribution in [3.05, 3.63) is 64.9 Å². The number of ether oxygens (including phenoxy) is 1. The van der Waals surface area contributed by atoms with Gasteiger partial charge in [0.15, 0.2) is 0 Å². The van der Waals surface area contributed by atoms with Crippen LogP contribution in [-0.4, -0.2) is 35.9 Å². The molecule has 2 aromatic carbocycles. The largest absolute Gasteiger partial charge is 0.494 e. The number of carbonyl (C=O) groups excluding carboxylic acids is 2. The van der Waals surface area contributed by atoms with E-state index in [-0.39, 0.29) is 24.8 Å². The second-order valence-corrected chi connectivity index (χ2v) is 7.42. The number of hydrogen-bond acceptors (Lipinski definition) is 3. The maximum Gasteiger partial charge on any atom is 0.242 e. The van der Waals surface area contributed by atoms with Gasteiger partial charge in [0.1, 0.15) is 17.6 Å². The fraction of sp³-hybridized carbons (Fsp3) is 0.391. The van der Waals surface area contributed by atoms with Gasteiger partial charge in [0.2, 0.25) is 11.8 Å². The highest BCUT2D eigenvalue weighted by molar-refractivity contribution is 6.30. The van der Waals surface area contributed by atoms with Crippen molar-refractivity contribution < 1.29 is 18.7 Å². The van der Waals surface area contributed by atoms with E-state index in [9.17, 15) is 14.0 Å². The maximum absolute atomic E-state index is 14.1. The third kappa shape index (κ3) is 7.34. The fourth-order valence-electron chi connectivity index (χ4n) is 2.88. The van der Waals surface area contributed by atoms with Gasteiger partial charge in [-0.3, -0.25) is 9.59 Å². The molecule has 2 rings (SSSR count). The summed E-state index contributed by atoms with van der Waals surface area (Å²) in [5, 5.41) is 3.42. The lowest BCUT2D eigenvalue weighted by Crippen LogP contribution is -2.47. The number of hydrogen-bond donors (Lipinski definition) is 1. The lowest BCUT2D eigenvalue weighted by molar-refractivity contribution is -0.140. The SMILES string of the molecule is CCCNC(=O)[C@H](C)N(Cc1ccccc1F)C(=O)CCCOc1ccc(Cl)cc1. The number of nitrogens with zero attached hydrogens (tertiary/aromatic N) is 1. The number of amides is 2. The fourth-order valence-corrected chi connectivity index (χ4v) is 3.00. The Labute approximate surface area is 182 Å². The molecule has 0 aliphatic carbocycles. The summed E-state index contributed by atoms with van der Waals surface area (Å²) in [7, 11) is 0. The van der Waals surface area contributed by atoms with Crippen molar-refractivity contribution >= 4 is 23.4 Å². The quantitative estimate of drug-likeness (QED) is 0.526. The lowest BCUT2D eigenvalue weighted by Gasteiger charge is -2.29. The molecule has 162 valence electrons. The molecule has 0 bridgehead atoms. The highest BCUT2D eigenvalue weighted by atomic mass is 35.5. The van der Waals surface area contributed by atoms with Gasteiger partial charge in [-0.2, -0.15) is 0 Å². The summed E-state index contributed by atoms with van der Waals surface area (Å²) in [4.78, 5) is 26.7. The molecule has 0 aromatic heterocycles. The molecule has 5 nitrogen and oxygen atoms in total. The minimum atomic E-state index is -0.708. The first-order chi connectivity index (χ1) is 14.4. The minimum absolute atomic E-state index is 0.0320. The van der Waals surface area contributed by atoms with Crippen LogP contribution in [0.15, 0.2) is 48.5 Å². The van der Waals surface area contributed by atoms with E-state index in [1.165, 1.54) is 11.0 Å². The van der Waals surface area contributed by atoms with Crippen molar-refractivity contribution in [2.75, 3.05) is 13.2 Å². The van der Waals surface area contributed by atoms with Gasteiger partial charge in [0, 0.05) is 30.1 Å². The van der Waals surface area contributed by atoms with E-state index in [1.807, 2.05) is 6.92 Å². The van der Waals surface area contributed by atoms with E-state index < -0.39 is 11.9 Å². The summed E-state index contributed by atoms with van der Waals surface area (Å²) in [5.74, 6) is -0.207. The Balaban J connectivity index is 1.98. The molecule has 0 radical (unpaired) electrons. The van der Waals surface area contributed by atoms with Crippen LogP contribution in [-0.2, 0) is 16.1 Å². The first-order valence-electron chi connectivity index (χ1n) is 10.1. The zero-order chi connectivity index (χ0) is 21.9. The van der Waals surface area contributed by atoms with Crippen LogP contribution in [0.5, 0.6) is 5.75 Å². The molecule has 0 unspecified atom stereocenters. The minimum Gasteiger partial charge on any atom is -0.494 e. The predicted molar refractivity (Wildman–Crippen MR) is 116 cm³/mol. The third-order valence-corrected chi connectivity index (χ3v) is 4.88. The van der Waals surface area contributed by atoms with Crippen molar-refractivity contribution in [2.24, 2.45) is 0 Å². The van der Waals surface area contributed by atoms with Crippen LogP contribution in [0.3, 0.4) is 0 Å². The zero-order valence-electron chi connectivity index (χ0n) is 17.4. The van der Waals surface area contributed by atoms with E-state index in [0.29, 0.717) is 35.9 Å². The number of halogens is 2. The molecular formula is C23H28ClFN2O3. The Morgan fingerprint density at radius 2 is 1.87 bits per heavy atom. The van der Waals surface area contributed by atoms with Crippen molar-refractivity contribution in [2.45, 2.75) is 45.7 Å². The molecule has 30 heavy (non-hydrogen) atoms. The molecule has 1 atom stereocenters. The molecule has 0 fully saturated rings. The van der Waals surface area contributed by atoms with Crippen LogP contribution in [0.25, 0.3) is 0 Å². The van der Waals surface area contributed by atoms with Gasteiger partial charge < -0.3 is 15.0 Å². The maximum atomic E-state index is 14.1. The Hall–Kier alpha value is -2.60. The molecule has 0 heterocycles. The smallest absolute Gasteiger partial charge is 0.242 e. The van der Waals surface area contributed by atoms with Crippen LogP contribution in [0.1, 0.15) is 38.7 Å². The standard InChI is InChI=1S/C23H28ClFN2O3/c1-3-14-26-23(29)17(2)27(16-18-7-4-5-8-21(18)25)22(28)9-6-15-30-20-12-10-19(24)11-13-20/h4-5,7-8,10-13,17H,3,6,9,14-16H2,1-2H3,(H,26,29)/t17-/m0/s1. The topological polar surface area (TPSA) is 58.6 Å². The van der Waals surface area contributed by atoms with Crippen LogP contribution < -0.4 is 10.1 Å². The van der Waals surface area contributed by atoms with Crippen molar-refractivity contribution in [1.29, 1.82) is 0 Å². The Morgan fingerprint density at radius 3 is 2.53 bits per heavy atom. The predicted octanol–water partition coefficient (Wildman–Crippen LogP) is 4.58. The Bertz CT molecular complexity index is 829. The number of benzene rings is 2. The van der Waals surface area contributed by atoms with Gasteiger partial charge in [0.05, 0.1) is 6.61 Å². The molecule has 2 aromatic rings. The second kappa shape index (κ2) is 12.2. The van der Waals surface area contributed by atoms with Gasteiger partial charge in [-0.05, 0) is 50.1 Å². The highest BCUT2D eigenvalue weighted by Gasteiger charge is 2.26. The molecule has 2 amide bonds. The van der Waals surface area contributed by atoms with Crippen molar-refractivity contribution in [3.63, 3.8) is 0 Å². The Kier molecular flexibility index (Phi) is 9.61. The molecule has 0 aliphatic heterocycles. The first-order valence-corrected chi connectivity index (χ1v) is 10.5. The zero-order valence-corrected chi connectivity index (χ0v) is 18.1. The summed E-state index contributed by atoms with van der Waals surface area (Å²) in [5.41, 5.74) is 0.374. The summed E-state index contributed by atoms with van der Waals surface area (Å²) in [6.45, 7) is 4.52. The normalized spacial score (nSPS) is 11.6. The molecular weight excluding hydrogens is 407 g/mol. The summed E-state index contributed by atoms with van der Waals surface area (Å²) >= 11 is 5.85. The van der Waals surface area contributed by atoms with Gasteiger partial charge in [0.25, 0.3) is 0 Å². The van der Waals surface area contributed by atoms with E-state index >= 15 is 0 Å². The van der Waals surface area contributed by atoms with Crippen molar-refractivity contribution in [3.8, 4) is 5.75 Å². The highest BCUT2D eigenvalue weighted by Crippen LogP contribution is 2.17. The van der Waals surface area contributed by atoms with Crippen LogP contribution in [0, 0.1) is 5.82 Å². The average molecular weight is 435 g/mol. The molecule has 7 heteroatoms.